The molecule has 1 aliphatic carbocycles. The molecule has 4 rings (SSSR count). The minimum absolute atomic E-state index is 0.0512. The molecule has 7 heteroatoms. The second-order valence-corrected chi connectivity index (χ2v) is 9.79. The number of rotatable bonds is 9. The van der Waals surface area contributed by atoms with Crippen LogP contribution in [0.3, 0.4) is 0 Å². The summed E-state index contributed by atoms with van der Waals surface area (Å²) < 4.78 is 29.5. The Morgan fingerprint density at radius 3 is 2.41 bits per heavy atom. The maximum atomic E-state index is 13.7. The molecule has 178 valence electrons. The fourth-order valence-corrected chi connectivity index (χ4v) is 5.34. The van der Waals surface area contributed by atoms with Crippen molar-refractivity contribution in [1.82, 2.24) is 14.8 Å². The first-order valence-corrected chi connectivity index (χ1v) is 12.5. The van der Waals surface area contributed by atoms with Crippen molar-refractivity contribution in [2.45, 2.75) is 43.0 Å². The maximum Gasteiger partial charge on any atom is 0.196 e. The minimum Gasteiger partial charge on any atom is -0.378 e. The van der Waals surface area contributed by atoms with Crippen LogP contribution < -0.4 is 4.90 Å². The third-order valence-corrected chi connectivity index (χ3v) is 7.34. The lowest BCUT2D eigenvalue weighted by Crippen LogP contribution is -2.12. The SMILES string of the molecule is CCCCc1nnc(SC(c2ccc(F)cc2)C2C=CC(F)=CC2)n1-c1ccc(N(C)C)cc1. The van der Waals surface area contributed by atoms with Gasteiger partial charge < -0.3 is 4.90 Å². The number of unbranched alkanes of at least 4 members (excludes halogenated alkanes) is 1. The van der Waals surface area contributed by atoms with Gasteiger partial charge in [-0.05, 0) is 72.9 Å². The highest BCUT2D eigenvalue weighted by Crippen LogP contribution is 2.44. The molecule has 2 atom stereocenters. The second kappa shape index (κ2) is 11.0. The van der Waals surface area contributed by atoms with Crippen molar-refractivity contribution < 1.29 is 8.78 Å². The molecule has 2 aromatic carbocycles. The molecule has 0 spiro atoms. The van der Waals surface area contributed by atoms with Crippen molar-refractivity contribution in [2.24, 2.45) is 5.92 Å². The highest BCUT2D eigenvalue weighted by molar-refractivity contribution is 7.99. The van der Waals surface area contributed by atoms with E-state index in [4.69, 9.17) is 0 Å². The van der Waals surface area contributed by atoms with Crippen LogP contribution in [0, 0.1) is 11.7 Å². The molecule has 0 saturated heterocycles. The van der Waals surface area contributed by atoms with Gasteiger partial charge in [-0.2, -0.15) is 0 Å². The van der Waals surface area contributed by atoms with E-state index in [1.54, 1.807) is 30.0 Å². The van der Waals surface area contributed by atoms with E-state index < -0.39 is 0 Å². The Morgan fingerprint density at radius 2 is 1.79 bits per heavy atom. The van der Waals surface area contributed by atoms with Gasteiger partial charge in [0.05, 0.1) is 0 Å². The molecule has 0 amide bonds. The van der Waals surface area contributed by atoms with E-state index >= 15 is 0 Å². The molecule has 0 N–H and O–H groups in total. The number of nitrogens with zero attached hydrogens (tertiary/aromatic N) is 4. The minimum atomic E-state index is -0.274. The number of aryl methyl sites for hydroxylation is 1. The molecule has 0 radical (unpaired) electrons. The van der Waals surface area contributed by atoms with Gasteiger partial charge in [0.25, 0.3) is 0 Å². The molecule has 34 heavy (non-hydrogen) atoms. The molecule has 0 bridgehead atoms. The van der Waals surface area contributed by atoms with Crippen LogP contribution >= 0.6 is 11.8 Å². The van der Waals surface area contributed by atoms with Crippen LogP contribution in [0.2, 0.25) is 0 Å². The summed E-state index contributed by atoms with van der Waals surface area (Å²) in [6, 6.07) is 14.9. The van der Waals surface area contributed by atoms with E-state index in [1.807, 2.05) is 20.2 Å². The number of hydrogen-bond acceptors (Lipinski definition) is 4. The number of hydrogen-bond donors (Lipinski definition) is 0. The molecule has 1 aromatic heterocycles. The standard InChI is InChI=1S/C27H30F2N4S/c1-4-5-6-25-30-31-27(33(25)24-17-15-23(16-18-24)32(2)3)34-26(19-7-11-21(28)12-8-19)20-9-13-22(29)14-10-20/h7-9,11-18,20,26H,4-6,10H2,1-3H3. The Morgan fingerprint density at radius 1 is 1.06 bits per heavy atom. The lowest BCUT2D eigenvalue weighted by atomic mass is 9.92. The predicted octanol–water partition coefficient (Wildman–Crippen LogP) is 7.08. The van der Waals surface area contributed by atoms with Crippen molar-refractivity contribution in [3.05, 3.63) is 89.8 Å². The normalized spacial score (nSPS) is 16.4. The van der Waals surface area contributed by atoms with Crippen molar-refractivity contribution >= 4 is 17.4 Å². The summed E-state index contributed by atoms with van der Waals surface area (Å²) >= 11 is 1.60. The Bertz CT molecular complexity index is 1150. The first-order chi connectivity index (χ1) is 16.5. The van der Waals surface area contributed by atoms with Gasteiger partial charge in [-0.15, -0.1) is 10.2 Å². The van der Waals surface area contributed by atoms with Gasteiger partial charge in [0.1, 0.15) is 17.5 Å². The molecule has 3 aromatic rings. The van der Waals surface area contributed by atoms with Crippen LogP contribution in [0.25, 0.3) is 5.69 Å². The lowest BCUT2D eigenvalue weighted by Gasteiger charge is -2.25. The van der Waals surface area contributed by atoms with E-state index in [2.05, 4.69) is 50.9 Å². The highest BCUT2D eigenvalue weighted by atomic mass is 32.2. The summed E-state index contributed by atoms with van der Waals surface area (Å²) in [6.45, 7) is 2.16. The van der Waals surface area contributed by atoms with Crippen LogP contribution in [-0.4, -0.2) is 28.9 Å². The van der Waals surface area contributed by atoms with Crippen LogP contribution in [0.1, 0.15) is 42.8 Å². The van der Waals surface area contributed by atoms with Crippen molar-refractivity contribution in [1.29, 1.82) is 0 Å². The van der Waals surface area contributed by atoms with E-state index in [9.17, 15) is 8.78 Å². The summed E-state index contributed by atoms with van der Waals surface area (Å²) in [5, 5.41) is 9.82. The first kappa shape index (κ1) is 24.2. The smallest absolute Gasteiger partial charge is 0.196 e. The number of thioether (sulfide) groups is 1. The number of halogens is 2. The third-order valence-electron chi connectivity index (χ3n) is 5.99. The van der Waals surface area contributed by atoms with Crippen molar-refractivity contribution in [3.8, 4) is 5.69 Å². The van der Waals surface area contributed by atoms with E-state index in [1.165, 1.54) is 18.2 Å². The van der Waals surface area contributed by atoms with Crippen LogP contribution in [0.4, 0.5) is 14.5 Å². The average Bonchev–Trinajstić information content (AvgIpc) is 3.25. The topological polar surface area (TPSA) is 34.0 Å². The zero-order chi connectivity index (χ0) is 24.1. The Hall–Kier alpha value is -2.93. The Kier molecular flexibility index (Phi) is 7.83. The summed E-state index contributed by atoms with van der Waals surface area (Å²) in [6.07, 6.45) is 8.53. The fourth-order valence-electron chi connectivity index (χ4n) is 4.04. The lowest BCUT2D eigenvalue weighted by molar-refractivity contribution is 0.587. The van der Waals surface area contributed by atoms with Crippen LogP contribution in [0.5, 0.6) is 0 Å². The van der Waals surface area contributed by atoms with Gasteiger partial charge >= 0.3 is 0 Å². The monoisotopic (exact) mass is 480 g/mol. The van der Waals surface area contributed by atoms with Gasteiger partial charge in [-0.3, -0.25) is 4.57 Å². The largest absolute Gasteiger partial charge is 0.378 e. The quantitative estimate of drug-likeness (QED) is 0.307. The maximum absolute atomic E-state index is 13.7. The zero-order valence-electron chi connectivity index (χ0n) is 19.8. The highest BCUT2D eigenvalue weighted by Gasteiger charge is 2.27. The zero-order valence-corrected chi connectivity index (χ0v) is 20.6. The number of aromatic nitrogens is 3. The molecule has 1 heterocycles. The van der Waals surface area contributed by atoms with Gasteiger partial charge in [0.2, 0.25) is 0 Å². The Balaban J connectivity index is 1.72. The van der Waals surface area contributed by atoms with Gasteiger partial charge in [-0.25, -0.2) is 8.78 Å². The Labute approximate surface area is 204 Å². The second-order valence-electron chi connectivity index (χ2n) is 8.69. The number of allylic oxidation sites excluding steroid dienone is 4. The average molecular weight is 481 g/mol. The molecule has 4 nitrogen and oxygen atoms in total. The van der Waals surface area contributed by atoms with Crippen LogP contribution in [0.15, 0.2) is 77.7 Å². The predicted molar refractivity (Wildman–Crippen MR) is 136 cm³/mol. The fraction of sp³-hybridized carbons (Fsp3) is 0.333. The van der Waals surface area contributed by atoms with Crippen LogP contribution in [-0.2, 0) is 6.42 Å². The van der Waals surface area contributed by atoms with Gasteiger partial charge in [-0.1, -0.05) is 43.3 Å². The number of anilines is 1. The van der Waals surface area contributed by atoms with Crippen molar-refractivity contribution in [2.75, 3.05) is 19.0 Å². The molecule has 0 aliphatic heterocycles. The summed E-state index contributed by atoms with van der Waals surface area (Å²) in [4.78, 5) is 2.07. The summed E-state index contributed by atoms with van der Waals surface area (Å²) in [5.74, 6) is 0.481. The molecular formula is C27H30F2N4S. The number of benzene rings is 2. The first-order valence-electron chi connectivity index (χ1n) is 11.6. The molecule has 1 aliphatic rings. The molecule has 2 unspecified atom stereocenters. The molecule has 0 fully saturated rings. The van der Waals surface area contributed by atoms with Crippen molar-refractivity contribution in [3.63, 3.8) is 0 Å². The summed E-state index contributed by atoms with van der Waals surface area (Å²) in [5.41, 5.74) is 3.10. The van der Waals surface area contributed by atoms with E-state index in [0.717, 1.165) is 47.2 Å². The van der Waals surface area contributed by atoms with E-state index in [-0.39, 0.29) is 22.8 Å². The third kappa shape index (κ3) is 5.58. The summed E-state index contributed by atoms with van der Waals surface area (Å²) in [7, 11) is 4.04. The van der Waals surface area contributed by atoms with E-state index in [0.29, 0.717) is 6.42 Å². The van der Waals surface area contributed by atoms with Gasteiger partial charge in [0.15, 0.2) is 5.16 Å². The molecular weight excluding hydrogens is 450 g/mol. The van der Waals surface area contributed by atoms with Gasteiger partial charge in [0, 0.05) is 37.1 Å². The molecule has 0 saturated carbocycles.